The van der Waals surface area contributed by atoms with Crippen LogP contribution in [0.5, 0.6) is 0 Å². The summed E-state index contributed by atoms with van der Waals surface area (Å²) in [5.41, 5.74) is 5.53. The van der Waals surface area contributed by atoms with Gasteiger partial charge in [0.1, 0.15) is 17.0 Å². The van der Waals surface area contributed by atoms with Gasteiger partial charge in [0.2, 0.25) is 10.0 Å². The number of hydrogen-bond donors (Lipinski definition) is 2. The zero-order valence-corrected chi connectivity index (χ0v) is 11.6. The number of nitrogen functional groups attached to an aromatic ring is 1. The lowest BCUT2D eigenvalue weighted by atomic mass is 10.3. The average Bonchev–Trinajstić information content (AvgIpc) is 2.42. The van der Waals surface area contributed by atoms with Gasteiger partial charge in [0.25, 0.3) is 0 Å². The first-order chi connectivity index (χ1) is 9.40. The average molecular weight is 317 g/mol. The van der Waals surface area contributed by atoms with Crippen molar-refractivity contribution in [2.75, 3.05) is 5.73 Å². The zero-order valence-electron chi connectivity index (χ0n) is 10.0. The van der Waals surface area contributed by atoms with E-state index in [1.165, 1.54) is 12.5 Å². The first kappa shape index (κ1) is 14.6. The van der Waals surface area contributed by atoms with Crippen LogP contribution in [0.15, 0.2) is 35.6 Å². The molecule has 1 heterocycles. The molecule has 6 nitrogen and oxygen atoms in total. The van der Waals surface area contributed by atoms with Crippen LogP contribution in [0.3, 0.4) is 0 Å². The molecule has 0 bridgehead atoms. The van der Waals surface area contributed by atoms with Crippen molar-refractivity contribution in [2.45, 2.75) is 11.4 Å². The van der Waals surface area contributed by atoms with Gasteiger partial charge in [-0.25, -0.2) is 27.5 Å². The number of nitrogens with zero attached hydrogens (tertiary/aromatic N) is 2. The third kappa shape index (κ3) is 3.21. The van der Waals surface area contributed by atoms with Crippen LogP contribution in [-0.2, 0) is 16.6 Å². The molecule has 1 aromatic carbocycles. The molecule has 2 rings (SSSR count). The van der Waals surface area contributed by atoms with Crippen molar-refractivity contribution in [2.24, 2.45) is 0 Å². The van der Waals surface area contributed by atoms with Gasteiger partial charge in [0.05, 0.1) is 22.9 Å². The second-order valence-corrected chi connectivity index (χ2v) is 5.97. The Morgan fingerprint density at radius 3 is 2.80 bits per heavy atom. The van der Waals surface area contributed by atoms with E-state index in [2.05, 4.69) is 14.7 Å². The van der Waals surface area contributed by atoms with Crippen molar-refractivity contribution in [3.8, 4) is 0 Å². The third-order valence-electron chi connectivity index (χ3n) is 2.43. The molecule has 2 aromatic rings. The van der Waals surface area contributed by atoms with Gasteiger partial charge in [-0.1, -0.05) is 11.6 Å². The fourth-order valence-electron chi connectivity index (χ4n) is 1.42. The summed E-state index contributed by atoms with van der Waals surface area (Å²) in [6.45, 7) is -0.0432. The Kier molecular flexibility index (Phi) is 4.17. The highest BCUT2D eigenvalue weighted by Gasteiger charge is 2.20. The molecule has 3 N–H and O–H groups in total. The molecule has 0 aliphatic rings. The molecule has 0 atom stereocenters. The molecule has 0 aliphatic heterocycles. The third-order valence-corrected chi connectivity index (χ3v) is 4.29. The Balaban J connectivity index is 2.25. The van der Waals surface area contributed by atoms with Crippen LogP contribution in [0.2, 0.25) is 5.02 Å². The fraction of sp³-hybridized carbons (Fsp3) is 0.0909. The minimum atomic E-state index is -3.92. The van der Waals surface area contributed by atoms with E-state index in [0.29, 0.717) is 5.69 Å². The first-order valence-corrected chi connectivity index (χ1v) is 7.25. The summed E-state index contributed by atoms with van der Waals surface area (Å²) >= 11 is 5.73. The van der Waals surface area contributed by atoms with E-state index in [4.69, 9.17) is 17.3 Å². The minimum Gasteiger partial charge on any atom is -0.396 e. The number of sulfonamides is 1. The monoisotopic (exact) mass is 316 g/mol. The molecule has 106 valence electrons. The van der Waals surface area contributed by atoms with Gasteiger partial charge >= 0.3 is 0 Å². The highest BCUT2D eigenvalue weighted by molar-refractivity contribution is 7.89. The Labute approximate surface area is 119 Å². The minimum absolute atomic E-state index is 0.0432. The number of nitrogens with one attached hydrogen (secondary N) is 1. The second kappa shape index (κ2) is 5.70. The number of hydrogen-bond acceptors (Lipinski definition) is 5. The summed E-state index contributed by atoms with van der Waals surface area (Å²) in [7, 11) is -3.92. The Morgan fingerprint density at radius 1 is 1.40 bits per heavy atom. The number of aromatic nitrogens is 2. The summed E-state index contributed by atoms with van der Waals surface area (Å²) in [5, 5.41) is -0.244. The fourth-order valence-corrected chi connectivity index (χ4v) is 2.97. The van der Waals surface area contributed by atoms with E-state index >= 15 is 0 Å². The normalized spacial score (nSPS) is 11.5. The van der Waals surface area contributed by atoms with Crippen molar-refractivity contribution >= 4 is 27.3 Å². The maximum absolute atomic E-state index is 13.2. The van der Waals surface area contributed by atoms with Gasteiger partial charge in [0, 0.05) is 6.20 Å². The highest BCUT2D eigenvalue weighted by atomic mass is 35.5. The molecule has 0 saturated heterocycles. The van der Waals surface area contributed by atoms with Gasteiger partial charge in [-0.05, 0) is 18.2 Å². The van der Waals surface area contributed by atoms with Gasteiger partial charge in [0.15, 0.2) is 0 Å². The summed E-state index contributed by atoms with van der Waals surface area (Å²) in [5.74, 6) is -0.773. The van der Waals surface area contributed by atoms with Crippen LogP contribution in [0.4, 0.5) is 10.1 Å². The molecule has 0 amide bonds. The van der Waals surface area contributed by atoms with Crippen LogP contribution >= 0.6 is 11.6 Å². The molecule has 9 heteroatoms. The van der Waals surface area contributed by atoms with E-state index in [0.717, 1.165) is 12.1 Å². The van der Waals surface area contributed by atoms with Crippen LogP contribution < -0.4 is 10.5 Å². The molecule has 0 aliphatic carbocycles. The summed E-state index contributed by atoms with van der Waals surface area (Å²) < 4.78 is 39.6. The van der Waals surface area contributed by atoms with Crippen LogP contribution in [-0.4, -0.2) is 18.4 Å². The maximum Gasteiger partial charge on any atom is 0.242 e. The number of halogens is 2. The SMILES string of the molecule is Nc1cc(S(=O)(=O)NCc2ccncn2)c(Cl)cc1F. The number of benzene rings is 1. The topological polar surface area (TPSA) is 98.0 Å². The van der Waals surface area contributed by atoms with E-state index in [1.807, 2.05) is 0 Å². The van der Waals surface area contributed by atoms with Gasteiger partial charge in [-0.3, -0.25) is 0 Å². The molecule has 1 aromatic heterocycles. The summed E-state index contributed by atoms with van der Waals surface area (Å²) in [6.07, 6.45) is 2.78. The largest absolute Gasteiger partial charge is 0.396 e. The van der Waals surface area contributed by atoms with Gasteiger partial charge in [-0.15, -0.1) is 0 Å². The summed E-state index contributed by atoms with van der Waals surface area (Å²) in [4.78, 5) is 7.30. The van der Waals surface area contributed by atoms with E-state index in [1.54, 1.807) is 6.07 Å². The van der Waals surface area contributed by atoms with Crippen LogP contribution in [0.1, 0.15) is 5.69 Å². The molecule has 20 heavy (non-hydrogen) atoms. The number of anilines is 1. The van der Waals surface area contributed by atoms with Crippen molar-refractivity contribution in [3.05, 3.63) is 47.3 Å². The number of nitrogens with two attached hydrogens (primary N) is 1. The molecule has 0 radical (unpaired) electrons. The predicted molar refractivity (Wildman–Crippen MR) is 71.9 cm³/mol. The second-order valence-electron chi connectivity index (χ2n) is 3.83. The lowest BCUT2D eigenvalue weighted by Gasteiger charge is -2.09. The van der Waals surface area contributed by atoms with E-state index in [-0.39, 0.29) is 22.2 Å². The highest BCUT2D eigenvalue weighted by Crippen LogP contribution is 2.26. The van der Waals surface area contributed by atoms with E-state index in [9.17, 15) is 12.8 Å². The molecule has 0 unspecified atom stereocenters. The predicted octanol–water partition coefficient (Wildman–Crippen LogP) is 1.33. The van der Waals surface area contributed by atoms with Crippen molar-refractivity contribution in [1.82, 2.24) is 14.7 Å². The molecule has 0 fully saturated rings. The smallest absolute Gasteiger partial charge is 0.242 e. The Morgan fingerprint density at radius 2 is 2.15 bits per heavy atom. The lowest BCUT2D eigenvalue weighted by molar-refractivity contribution is 0.579. The van der Waals surface area contributed by atoms with Gasteiger partial charge < -0.3 is 5.73 Å². The molecular formula is C11H10ClFN4O2S. The first-order valence-electron chi connectivity index (χ1n) is 5.39. The Hall–Kier alpha value is -1.77. The van der Waals surface area contributed by atoms with E-state index < -0.39 is 15.8 Å². The zero-order chi connectivity index (χ0) is 14.8. The standard InChI is InChI=1S/C11H10ClFN4O2S/c12-8-3-9(13)10(14)4-11(8)20(18,19)17-5-7-1-2-15-6-16-7/h1-4,6,17H,5,14H2. The summed E-state index contributed by atoms with van der Waals surface area (Å²) in [6, 6.07) is 3.39. The molecule has 0 spiro atoms. The van der Waals surface area contributed by atoms with Crippen molar-refractivity contribution in [1.29, 1.82) is 0 Å². The lowest BCUT2D eigenvalue weighted by Crippen LogP contribution is -2.24. The van der Waals surface area contributed by atoms with Crippen molar-refractivity contribution < 1.29 is 12.8 Å². The molecule has 0 saturated carbocycles. The quantitative estimate of drug-likeness (QED) is 0.829. The maximum atomic E-state index is 13.2. The van der Waals surface area contributed by atoms with Crippen LogP contribution in [0, 0.1) is 5.82 Å². The molecular weight excluding hydrogens is 307 g/mol. The van der Waals surface area contributed by atoms with Crippen molar-refractivity contribution in [3.63, 3.8) is 0 Å². The number of rotatable bonds is 4. The Bertz CT molecular complexity index is 725. The van der Waals surface area contributed by atoms with Crippen LogP contribution in [0.25, 0.3) is 0 Å². The van der Waals surface area contributed by atoms with Gasteiger partial charge in [-0.2, -0.15) is 0 Å².